The Hall–Kier alpha value is -1.78. The molecule has 0 radical (unpaired) electrons. The molecule has 0 amide bonds. The van der Waals surface area contributed by atoms with Gasteiger partial charge in [0.15, 0.2) is 0 Å². The fraction of sp³-hybridized carbons (Fsp3) is 0.455. The fourth-order valence-corrected chi connectivity index (χ4v) is 1.64. The second kappa shape index (κ2) is 4.83. The van der Waals surface area contributed by atoms with E-state index in [0.29, 0.717) is 17.7 Å². The minimum atomic E-state index is -1.07. The maximum atomic E-state index is 11.0. The summed E-state index contributed by atoms with van der Waals surface area (Å²) in [6.07, 6.45) is 0.577. The molecule has 0 unspecified atom stereocenters. The van der Waals surface area contributed by atoms with Gasteiger partial charge in [-0.25, -0.2) is 4.79 Å². The third-order valence-electron chi connectivity index (χ3n) is 2.42. The van der Waals surface area contributed by atoms with Crippen molar-refractivity contribution in [2.45, 2.75) is 33.1 Å². The normalized spacial score (nSPS) is 10.4. The predicted octanol–water partition coefficient (Wildman–Crippen LogP) is 1.87. The van der Waals surface area contributed by atoms with E-state index in [0.717, 1.165) is 0 Å². The Morgan fingerprint density at radius 1 is 1.25 bits per heavy atom. The molecule has 0 fully saturated rings. The second-order valence-corrected chi connectivity index (χ2v) is 3.50. The van der Waals surface area contributed by atoms with E-state index in [1.807, 2.05) is 6.92 Å². The molecule has 1 aromatic rings. The number of aliphatic carboxylic acids is 1. The van der Waals surface area contributed by atoms with E-state index < -0.39 is 11.9 Å². The minimum absolute atomic E-state index is 0.109. The van der Waals surface area contributed by atoms with Crippen LogP contribution in [-0.4, -0.2) is 22.2 Å². The van der Waals surface area contributed by atoms with Crippen molar-refractivity contribution >= 4 is 11.9 Å². The van der Waals surface area contributed by atoms with E-state index in [1.165, 1.54) is 0 Å². The van der Waals surface area contributed by atoms with Crippen molar-refractivity contribution in [3.8, 4) is 0 Å². The molecule has 0 atom stereocenters. The lowest BCUT2D eigenvalue weighted by atomic mass is 10.1. The molecule has 5 heteroatoms. The molecule has 2 N–H and O–H groups in total. The number of furan rings is 1. The van der Waals surface area contributed by atoms with Crippen LogP contribution < -0.4 is 0 Å². The molecule has 0 aromatic carbocycles. The summed E-state index contributed by atoms with van der Waals surface area (Å²) in [6, 6.07) is 0. The number of aryl methyl sites for hydroxylation is 2. The number of hydrogen-bond donors (Lipinski definition) is 2. The molecular formula is C11H14O5. The number of rotatable bonds is 5. The number of carboxylic acid groups (broad SMARTS) is 2. The van der Waals surface area contributed by atoms with Gasteiger partial charge in [0.25, 0.3) is 0 Å². The van der Waals surface area contributed by atoms with Crippen LogP contribution in [-0.2, 0) is 17.6 Å². The molecule has 0 saturated heterocycles. The number of carboxylic acids is 2. The van der Waals surface area contributed by atoms with Crippen LogP contribution in [0.15, 0.2) is 4.42 Å². The van der Waals surface area contributed by atoms with Crippen LogP contribution in [0, 0.1) is 6.92 Å². The van der Waals surface area contributed by atoms with E-state index in [1.54, 1.807) is 6.92 Å². The van der Waals surface area contributed by atoms with E-state index in [2.05, 4.69) is 0 Å². The zero-order valence-electron chi connectivity index (χ0n) is 9.24. The van der Waals surface area contributed by atoms with Gasteiger partial charge in [0.1, 0.15) is 17.1 Å². The summed E-state index contributed by atoms with van der Waals surface area (Å²) in [5, 5.41) is 17.6. The van der Waals surface area contributed by atoms with E-state index in [9.17, 15) is 9.59 Å². The molecule has 0 aliphatic carbocycles. The van der Waals surface area contributed by atoms with Crippen LogP contribution in [0.1, 0.15) is 40.8 Å². The third-order valence-corrected chi connectivity index (χ3v) is 2.42. The van der Waals surface area contributed by atoms with Crippen molar-refractivity contribution in [3.05, 3.63) is 22.6 Å². The number of carbonyl (C=O) groups is 2. The highest BCUT2D eigenvalue weighted by Crippen LogP contribution is 2.23. The molecule has 0 spiro atoms. The first-order valence-electron chi connectivity index (χ1n) is 5.03. The lowest BCUT2D eigenvalue weighted by molar-refractivity contribution is -0.137. The molecule has 1 aromatic heterocycles. The summed E-state index contributed by atoms with van der Waals surface area (Å²) < 4.78 is 5.36. The Balaban J connectivity index is 3.06. The van der Waals surface area contributed by atoms with Crippen LogP contribution in [0.25, 0.3) is 0 Å². The van der Waals surface area contributed by atoms with Crippen molar-refractivity contribution in [3.63, 3.8) is 0 Å². The molecule has 88 valence electrons. The number of aromatic carboxylic acids is 1. The standard InChI is InChI=1S/C11H14O5/c1-3-7-6(2)10(11(14)15)8(16-7)4-5-9(12)13/h3-5H2,1-2H3,(H,12,13)(H,14,15). The van der Waals surface area contributed by atoms with E-state index in [-0.39, 0.29) is 24.2 Å². The maximum Gasteiger partial charge on any atom is 0.339 e. The van der Waals surface area contributed by atoms with Crippen molar-refractivity contribution < 1.29 is 24.2 Å². The maximum absolute atomic E-state index is 11.0. The second-order valence-electron chi connectivity index (χ2n) is 3.50. The minimum Gasteiger partial charge on any atom is -0.481 e. The van der Waals surface area contributed by atoms with Crippen LogP contribution in [0.4, 0.5) is 0 Å². The zero-order chi connectivity index (χ0) is 12.3. The highest BCUT2D eigenvalue weighted by atomic mass is 16.4. The van der Waals surface area contributed by atoms with Crippen LogP contribution in [0.5, 0.6) is 0 Å². The first-order chi connectivity index (χ1) is 7.47. The summed E-state index contributed by atoms with van der Waals surface area (Å²) >= 11 is 0. The molecule has 0 aliphatic heterocycles. The summed E-state index contributed by atoms with van der Waals surface area (Å²) in [5.41, 5.74) is 0.702. The SMILES string of the molecule is CCc1oc(CCC(=O)O)c(C(=O)O)c1C. The summed E-state index contributed by atoms with van der Waals surface area (Å²) in [4.78, 5) is 21.4. The van der Waals surface area contributed by atoms with Gasteiger partial charge in [-0.05, 0) is 6.92 Å². The Kier molecular flexibility index (Phi) is 3.71. The zero-order valence-corrected chi connectivity index (χ0v) is 9.24. The smallest absolute Gasteiger partial charge is 0.339 e. The van der Waals surface area contributed by atoms with Gasteiger partial charge in [-0.15, -0.1) is 0 Å². The number of hydrogen-bond acceptors (Lipinski definition) is 3. The van der Waals surface area contributed by atoms with Gasteiger partial charge in [-0.2, -0.15) is 0 Å². The summed E-state index contributed by atoms with van der Waals surface area (Å²) in [5.74, 6) is -1.17. The average molecular weight is 226 g/mol. The topological polar surface area (TPSA) is 87.7 Å². The van der Waals surface area contributed by atoms with Crippen molar-refractivity contribution in [1.82, 2.24) is 0 Å². The summed E-state index contributed by atoms with van der Waals surface area (Å²) in [6.45, 7) is 3.54. The van der Waals surface area contributed by atoms with Gasteiger partial charge in [-0.3, -0.25) is 4.79 Å². The molecule has 1 heterocycles. The lowest BCUT2D eigenvalue weighted by Crippen LogP contribution is -2.04. The largest absolute Gasteiger partial charge is 0.481 e. The van der Waals surface area contributed by atoms with Crippen LogP contribution in [0.3, 0.4) is 0 Å². The fourth-order valence-electron chi connectivity index (χ4n) is 1.64. The molecular weight excluding hydrogens is 212 g/mol. The molecule has 0 saturated carbocycles. The van der Waals surface area contributed by atoms with Crippen LogP contribution >= 0.6 is 0 Å². The molecule has 0 aliphatic rings. The van der Waals surface area contributed by atoms with Crippen molar-refractivity contribution in [1.29, 1.82) is 0 Å². The lowest BCUT2D eigenvalue weighted by Gasteiger charge is -1.96. The molecule has 5 nitrogen and oxygen atoms in total. The predicted molar refractivity (Wildman–Crippen MR) is 55.7 cm³/mol. The van der Waals surface area contributed by atoms with Gasteiger partial charge in [-0.1, -0.05) is 6.92 Å². The third kappa shape index (κ3) is 2.42. The quantitative estimate of drug-likeness (QED) is 0.800. The Labute approximate surface area is 92.7 Å². The Bertz CT molecular complexity index is 416. The van der Waals surface area contributed by atoms with Crippen molar-refractivity contribution in [2.75, 3.05) is 0 Å². The molecule has 1 rings (SSSR count). The monoisotopic (exact) mass is 226 g/mol. The van der Waals surface area contributed by atoms with Crippen LogP contribution in [0.2, 0.25) is 0 Å². The van der Waals surface area contributed by atoms with E-state index in [4.69, 9.17) is 14.6 Å². The first-order valence-corrected chi connectivity index (χ1v) is 5.03. The van der Waals surface area contributed by atoms with Gasteiger partial charge in [0, 0.05) is 18.4 Å². The molecule has 16 heavy (non-hydrogen) atoms. The highest BCUT2D eigenvalue weighted by molar-refractivity contribution is 5.91. The van der Waals surface area contributed by atoms with Gasteiger partial charge >= 0.3 is 11.9 Å². The van der Waals surface area contributed by atoms with Crippen molar-refractivity contribution in [2.24, 2.45) is 0 Å². The Morgan fingerprint density at radius 3 is 2.31 bits per heavy atom. The highest BCUT2D eigenvalue weighted by Gasteiger charge is 2.21. The van der Waals surface area contributed by atoms with Gasteiger partial charge in [0.2, 0.25) is 0 Å². The van der Waals surface area contributed by atoms with Gasteiger partial charge in [0.05, 0.1) is 6.42 Å². The average Bonchev–Trinajstić information content (AvgIpc) is 2.51. The van der Waals surface area contributed by atoms with Gasteiger partial charge < -0.3 is 14.6 Å². The summed E-state index contributed by atoms with van der Waals surface area (Å²) in [7, 11) is 0. The Morgan fingerprint density at radius 2 is 1.88 bits per heavy atom. The first kappa shape index (κ1) is 12.3. The van der Waals surface area contributed by atoms with E-state index >= 15 is 0 Å². The molecule has 0 bridgehead atoms.